The third kappa shape index (κ3) is 3.89. The van der Waals surface area contributed by atoms with Crippen LogP contribution in [-0.4, -0.2) is 12.0 Å². The SMILES string of the molecule is CNC(Cc1ccccc1)(c1cccc(C(F)(F)C2CCCC2)c1)c1ccccn1. The molecule has 1 unspecified atom stereocenters. The van der Waals surface area contributed by atoms with E-state index in [1.54, 1.807) is 24.4 Å². The first-order valence-corrected chi connectivity index (χ1v) is 10.7. The molecule has 0 saturated heterocycles. The lowest BCUT2D eigenvalue weighted by atomic mass is 9.79. The zero-order valence-electron chi connectivity index (χ0n) is 17.3. The van der Waals surface area contributed by atoms with Crippen molar-refractivity contribution in [1.29, 1.82) is 0 Å². The van der Waals surface area contributed by atoms with E-state index in [-0.39, 0.29) is 5.56 Å². The Labute approximate surface area is 177 Å². The van der Waals surface area contributed by atoms with Crippen LogP contribution in [0.1, 0.15) is 48.1 Å². The maximum Gasteiger partial charge on any atom is 0.276 e. The molecule has 1 N–H and O–H groups in total. The predicted octanol–water partition coefficient (Wildman–Crippen LogP) is 6.07. The molecule has 1 aliphatic carbocycles. The number of halogens is 2. The van der Waals surface area contributed by atoms with Crippen molar-refractivity contribution in [1.82, 2.24) is 10.3 Å². The van der Waals surface area contributed by atoms with Crippen LogP contribution in [0.5, 0.6) is 0 Å². The van der Waals surface area contributed by atoms with Gasteiger partial charge < -0.3 is 5.32 Å². The highest BCUT2D eigenvalue weighted by Crippen LogP contribution is 2.45. The summed E-state index contributed by atoms with van der Waals surface area (Å²) in [5, 5.41) is 3.44. The molecule has 1 aromatic heterocycles. The minimum Gasteiger partial charge on any atom is -0.305 e. The zero-order chi connectivity index (χ0) is 21.0. The molecule has 0 spiro atoms. The number of hydrogen-bond donors (Lipinski definition) is 1. The molecule has 3 aromatic rings. The Balaban J connectivity index is 1.81. The molecule has 156 valence electrons. The lowest BCUT2D eigenvalue weighted by Gasteiger charge is -2.35. The average molecular weight is 407 g/mol. The van der Waals surface area contributed by atoms with Crippen LogP contribution in [0.25, 0.3) is 0 Å². The van der Waals surface area contributed by atoms with Crippen LogP contribution in [0.2, 0.25) is 0 Å². The molecular weight excluding hydrogens is 378 g/mol. The lowest BCUT2D eigenvalue weighted by molar-refractivity contribution is -0.0627. The van der Waals surface area contributed by atoms with Gasteiger partial charge in [0.25, 0.3) is 5.92 Å². The van der Waals surface area contributed by atoms with Gasteiger partial charge in [-0.1, -0.05) is 67.4 Å². The van der Waals surface area contributed by atoms with Gasteiger partial charge in [0, 0.05) is 24.1 Å². The Hall–Kier alpha value is -2.59. The zero-order valence-corrected chi connectivity index (χ0v) is 17.3. The van der Waals surface area contributed by atoms with Crippen LogP contribution in [0, 0.1) is 5.92 Å². The first-order chi connectivity index (χ1) is 14.6. The van der Waals surface area contributed by atoms with E-state index in [2.05, 4.69) is 22.4 Å². The minimum absolute atomic E-state index is 0.107. The number of benzene rings is 2. The van der Waals surface area contributed by atoms with E-state index < -0.39 is 17.4 Å². The number of alkyl halides is 2. The van der Waals surface area contributed by atoms with E-state index in [0.717, 1.165) is 29.7 Å². The highest BCUT2D eigenvalue weighted by molar-refractivity contribution is 5.41. The minimum atomic E-state index is -2.82. The van der Waals surface area contributed by atoms with Crippen LogP contribution >= 0.6 is 0 Å². The summed E-state index contributed by atoms with van der Waals surface area (Å²) in [5.41, 5.74) is 2.14. The van der Waals surface area contributed by atoms with Crippen molar-refractivity contribution in [3.63, 3.8) is 0 Å². The number of rotatable bonds is 7. The van der Waals surface area contributed by atoms with E-state index in [4.69, 9.17) is 0 Å². The fourth-order valence-corrected chi connectivity index (χ4v) is 4.73. The molecule has 1 fully saturated rings. The third-order valence-corrected chi connectivity index (χ3v) is 6.45. The van der Waals surface area contributed by atoms with Gasteiger partial charge in [-0.05, 0) is 49.2 Å². The van der Waals surface area contributed by atoms with Crippen molar-refractivity contribution in [2.45, 2.75) is 43.6 Å². The number of aromatic nitrogens is 1. The summed E-state index contributed by atoms with van der Waals surface area (Å²) < 4.78 is 30.7. The first-order valence-electron chi connectivity index (χ1n) is 10.7. The Morgan fingerprint density at radius 1 is 0.900 bits per heavy atom. The highest BCUT2D eigenvalue weighted by Gasteiger charge is 2.43. The molecule has 1 saturated carbocycles. The van der Waals surface area contributed by atoms with Gasteiger partial charge in [-0.15, -0.1) is 0 Å². The van der Waals surface area contributed by atoms with Crippen LogP contribution in [0.4, 0.5) is 8.78 Å². The normalized spacial score (nSPS) is 17.0. The van der Waals surface area contributed by atoms with Gasteiger partial charge in [0.05, 0.1) is 11.2 Å². The molecule has 0 radical (unpaired) electrons. The van der Waals surface area contributed by atoms with Crippen molar-refractivity contribution in [3.05, 3.63) is 101 Å². The molecule has 0 bridgehead atoms. The van der Waals surface area contributed by atoms with Crippen LogP contribution in [0.3, 0.4) is 0 Å². The van der Waals surface area contributed by atoms with Crippen molar-refractivity contribution in [3.8, 4) is 0 Å². The fourth-order valence-electron chi connectivity index (χ4n) is 4.73. The summed E-state index contributed by atoms with van der Waals surface area (Å²) in [4.78, 5) is 4.61. The van der Waals surface area contributed by atoms with Crippen molar-refractivity contribution in [2.24, 2.45) is 5.92 Å². The molecule has 1 heterocycles. The fraction of sp³-hybridized carbons (Fsp3) is 0.346. The maximum absolute atomic E-state index is 15.3. The van der Waals surface area contributed by atoms with Crippen LogP contribution in [0.15, 0.2) is 79.0 Å². The average Bonchev–Trinajstić information content (AvgIpc) is 3.35. The second-order valence-corrected chi connectivity index (χ2v) is 8.22. The Morgan fingerprint density at radius 3 is 2.27 bits per heavy atom. The molecule has 4 heteroatoms. The molecule has 30 heavy (non-hydrogen) atoms. The number of nitrogens with zero attached hydrogens (tertiary/aromatic N) is 1. The molecule has 4 rings (SSSR count). The second kappa shape index (κ2) is 8.65. The van der Waals surface area contributed by atoms with Gasteiger partial charge in [-0.25, -0.2) is 8.78 Å². The summed E-state index contributed by atoms with van der Waals surface area (Å²) in [6, 6.07) is 22.8. The van der Waals surface area contributed by atoms with E-state index >= 15 is 8.78 Å². The van der Waals surface area contributed by atoms with Gasteiger partial charge >= 0.3 is 0 Å². The third-order valence-electron chi connectivity index (χ3n) is 6.45. The number of nitrogens with one attached hydrogen (secondary N) is 1. The second-order valence-electron chi connectivity index (χ2n) is 8.22. The quantitative estimate of drug-likeness (QED) is 0.515. The Bertz CT molecular complexity index is 953. The summed E-state index contributed by atoms with van der Waals surface area (Å²) in [6.45, 7) is 0. The van der Waals surface area contributed by atoms with Crippen molar-refractivity contribution < 1.29 is 8.78 Å². The van der Waals surface area contributed by atoms with Crippen LogP contribution < -0.4 is 5.32 Å². The molecule has 0 aliphatic heterocycles. The van der Waals surface area contributed by atoms with Gasteiger partial charge in [0.2, 0.25) is 0 Å². The van der Waals surface area contributed by atoms with Gasteiger partial charge in [-0.2, -0.15) is 0 Å². The lowest BCUT2D eigenvalue weighted by Crippen LogP contribution is -2.44. The standard InChI is InChI=1S/C26H28F2N2/c1-29-25(24-16-7-8-17-30-24,19-20-10-3-2-4-11-20)22-14-9-15-23(18-22)26(27,28)21-12-5-6-13-21/h2-4,7-11,14-18,21,29H,5-6,12-13,19H2,1H3. The van der Waals surface area contributed by atoms with Crippen molar-refractivity contribution in [2.75, 3.05) is 7.05 Å². The summed E-state index contributed by atoms with van der Waals surface area (Å²) in [5.74, 6) is -3.39. The Morgan fingerprint density at radius 2 is 1.60 bits per heavy atom. The van der Waals surface area contributed by atoms with Crippen molar-refractivity contribution >= 4 is 0 Å². The molecular formula is C26H28F2N2. The van der Waals surface area contributed by atoms with E-state index in [1.807, 2.05) is 49.5 Å². The summed E-state index contributed by atoms with van der Waals surface area (Å²) in [6.07, 6.45) is 5.34. The topological polar surface area (TPSA) is 24.9 Å². The van der Waals surface area contributed by atoms with Gasteiger partial charge in [0.15, 0.2) is 0 Å². The number of hydrogen-bond acceptors (Lipinski definition) is 2. The molecule has 2 aromatic carbocycles. The molecule has 0 amide bonds. The van der Waals surface area contributed by atoms with E-state index in [9.17, 15) is 0 Å². The highest BCUT2D eigenvalue weighted by atomic mass is 19.3. The summed E-state index contributed by atoms with van der Waals surface area (Å²) in [7, 11) is 1.87. The Kier molecular flexibility index (Phi) is 5.96. The maximum atomic E-state index is 15.3. The van der Waals surface area contributed by atoms with Gasteiger partial charge in [-0.3, -0.25) is 4.98 Å². The van der Waals surface area contributed by atoms with Gasteiger partial charge in [0.1, 0.15) is 0 Å². The van der Waals surface area contributed by atoms with Crippen LogP contribution in [-0.2, 0) is 17.9 Å². The molecule has 2 nitrogen and oxygen atoms in total. The monoisotopic (exact) mass is 406 g/mol. The molecule has 1 atom stereocenters. The van der Waals surface area contributed by atoms with E-state index in [1.165, 1.54) is 0 Å². The smallest absolute Gasteiger partial charge is 0.276 e. The molecule has 1 aliphatic rings. The van der Waals surface area contributed by atoms with E-state index in [0.29, 0.717) is 19.3 Å². The predicted molar refractivity (Wildman–Crippen MR) is 117 cm³/mol. The number of likely N-dealkylation sites (N-methyl/N-ethyl adjacent to an activating group) is 1. The summed E-state index contributed by atoms with van der Waals surface area (Å²) >= 11 is 0. The number of pyridine rings is 1. The first kappa shape index (κ1) is 20.7. The largest absolute Gasteiger partial charge is 0.305 e.